The van der Waals surface area contributed by atoms with Gasteiger partial charge in [0, 0.05) is 18.5 Å². The summed E-state index contributed by atoms with van der Waals surface area (Å²) in [5, 5.41) is 4.39. The summed E-state index contributed by atoms with van der Waals surface area (Å²) in [5.41, 5.74) is 1.40. The maximum absolute atomic E-state index is 4.66. The molecule has 0 aromatic carbocycles. The fourth-order valence-electron chi connectivity index (χ4n) is 1.93. The maximum Gasteiger partial charge on any atom is 0.156 e. The van der Waals surface area contributed by atoms with Gasteiger partial charge < -0.3 is 5.32 Å². The molecule has 1 N–H and O–H groups in total. The zero-order valence-electron chi connectivity index (χ0n) is 11.0. The zero-order valence-corrected chi connectivity index (χ0v) is 11.8. The lowest BCUT2D eigenvalue weighted by atomic mass is 9.84. The van der Waals surface area contributed by atoms with E-state index in [0.29, 0.717) is 5.41 Å². The number of aromatic nitrogens is 2. The van der Waals surface area contributed by atoms with Gasteiger partial charge in [-0.3, -0.25) is 4.99 Å². The molecule has 0 aliphatic carbocycles. The predicted molar refractivity (Wildman–Crippen MR) is 76.6 cm³/mol. The second kappa shape index (κ2) is 6.18. The second-order valence-corrected chi connectivity index (χ2v) is 5.64. The van der Waals surface area contributed by atoms with Gasteiger partial charge in [0.2, 0.25) is 0 Å². The summed E-state index contributed by atoms with van der Waals surface area (Å²) in [4.78, 5) is 12.8. The van der Waals surface area contributed by atoms with Gasteiger partial charge in [0.1, 0.15) is 6.33 Å². The number of hydrogen-bond acceptors (Lipinski definition) is 5. The molecule has 1 aromatic heterocycles. The van der Waals surface area contributed by atoms with Crippen molar-refractivity contribution in [2.24, 2.45) is 10.4 Å². The van der Waals surface area contributed by atoms with E-state index in [9.17, 15) is 0 Å². The van der Waals surface area contributed by atoms with Crippen LogP contribution in [0.5, 0.6) is 0 Å². The lowest BCUT2D eigenvalue weighted by molar-refractivity contribution is 0.318. The van der Waals surface area contributed by atoms with E-state index >= 15 is 0 Å². The first-order chi connectivity index (χ1) is 8.78. The van der Waals surface area contributed by atoms with Crippen molar-refractivity contribution >= 4 is 16.9 Å². The van der Waals surface area contributed by atoms with E-state index in [2.05, 4.69) is 34.1 Å². The van der Waals surface area contributed by atoms with Crippen LogP contribution in [-0.2, 0) is 6.54 Å². The molecule has 0 atom stereocenters. The third kappa shape index (κ3) is 3.22. The van der Waals surface area contributed by atoms with Crippen LogP contribution in [0, 0.1) is 5.41 Å². The van der Waals surface area contributed by atoms with E-state index in [0.717, 1.165) is 29.7 Å². The van der Waals surface area contributed by atoms with Gasteiger partial charge >= 0.3 is 0 Å². The van der Waals surface area contributed by atoms with Gasteiger partial charge in [0.25, 0.3) is 0 Å². The number of thioether (sulfide) groups is 1. The number of amidine groups is 1. The van der Waals surface area contributed by atoms with E-state index < -0.39 is 0 Å². The first-order valence-corrected chi connectivity index (χ1v) is 7.42. The number of hydrogen-bond donors (Lipinski definition) is 1. The Morgan fingerprint density at radius 2 is 2.22 bits per heavy atom. The normalized spacial score (nSPS) is 18.2. The molecule has 0 saturated carbocycles. The van der Waals surface area contributed by atoms with Gasteiger partial charge in [-0.15, -0.1) is 0 Å². The fraction of sp³-hybridized carbons (Fsp3) is 0.615. The summed E-state index contributed by atoms with van der Waals surface area (Å²) in [6.07, 6.45) is 5.75. The third-order valence-electron chi connectivity index (χ3n) is 3.64. The Kier molecular flexibility index (Phi) is 4.58. The van der Waals surface area contributed by atoms with Crippen LogP contribution in [0.4, 0.5) is 0 Å². The standard InChI is InChI=1S/C13H20N4S/c1-3-13(4-2)8-16-12(18-9-13)15-7-11-5-6-14-10-17-11/h5-6,10H,3-4,7-9H2,1-2H3,(H,15,16). The highest BCUT2D eigenvalue weighted by molar-refractivity contribution is 8.13. The average molecular weight is 264 g/mol. The number of rotatable bonds is 4. The Morgan fingerprint density at radius 1 is 1.39 bits per heavy atom. The minimum Gasteiger partial charge on any atom is -0.359 e. The van der Waals surface area contributed by atoms with Crippen LogP contribution in [-0.4, -0.2) is 27.4 Å². The molecule has 18 heavy (non-hydrogen) atoms. The predicted octanol–water partition coefficient (Wildman–Crippen LogP) is 2.48. The Labute approximate surface area is 113 Å². The summed E-state index contributed by atoms with van der Waals surface area (Å²) in [5.74, 6) is 1.16. The van der Waals surface area contributed by atoms with E-state index in [-0.39, 0.29) is 0 Å². The quantitative estimate of drug-likeness (QED) is 0.907. The van der Waals surface area contributed by atoms with Crippen LogP contribution >= 0.6 is 11.8 Å². The molecule has 1 aliphatic rings. The Hall–Kier alpha value is -1.10. The second-order valence-electron chi connectivity index (χ2n) is 4.67. The first kappa shape index (κ1) is 13.3. The van der Waals surface area contributed by atoms with E-state index in [1.54, 1.807) is 12.5 Å². The van der Waals surface area contributed by atoms with Crippen molar-refractivity contribution in [1.29, 1.82) is 0 Å². The molecule has 0 bridgehead atoms. The van der Waals surface area contributed by atoms with E-state index in [4.69, 9.17) is 0 Å². The third-order valence-corrected chi connectivity index (χ3v) is 4.94. The van der Waals surface area contributed by atoms with Crippen molar-refractivity contribution in [3.8, 4) is 0 Å². The summed E-state index contributed by atoms with van der Waals surface area (Å²) in [7, 11) is 0. The smallest absolute Gasteiger partial charge is 0.156 e. The molecule has 0 radical (unpaired) electrons. The molecular formula is C13H20N4S. The van der Waals surface area contributed by atoms with Crippen molar-refractivity contribution in [2.75, 3.05) is 12.3 Å². The van der Waals surface area contributed by atoms with Gasteiger partial charge in [-0.1, -0.05) is 25.6 Å². The average Bonchev–Trinajstić information content (AvgIpc) is 2.47. The molecular weight excluding hydrogens is 244 g/mol. The Morgan fingerprint density at radius 3 is 2.78 bits per heavy atom. The topological polar surface area (TPSA) is 50.2 Å². The van der Waals surface area contributed by atoms with Crippen LogP contribution in [0.15, 0.2) is 23.6 Å². The highest BCUT2D eigenvalue weighted by Crippen LogP contribution is 2.34. The van der Waals surface area contributed by atoms with Gasteiger partial charge in [-0.05, 0) is 24.3 Å². The van der Waals surface area contributed by atoms with Crippen LogP contribution in [0.2, 0.25) is 0 Å². The molecule has 98 valence electrons. The molecule has 5 heteroatoms. The Balaban J connectivity index is 1.87. The van der Waals surface area contributed by atoms with E-state index in [1.165, 1.54) is 12.8 Å². The summed E-state index contributed by atoms with van der Waals surface area (Å²) in [6, 6.07) is 1.92. The number of aliphatic imine (C=N–C) groups is 1. The number of nitrogens with zero attached hydrogens (tertiary/aromatic N) is 3. The van der Waals surface area contributed by atoms with Crippen LogP contribution in [0.1, 0.15) is 32.4 Å². The molecule has 0 saturated heterocycles. The molecule has 2 rings (SSSR count). The summed E-state index contributed by atoms with van der Waals surface area (Å²) in [6.45, 7) is 6.19. The lowest BCUT2D eigenvalue weighted by Gasteiger charge is -2.33. The SMILES string of the molecule is CCC1(CC)CN=C(NCc2ccncn2)SC1. The fourth-order valence-corrected chi connectivity index (χ4v) is 3.20. The molecule has 0 amide bonds. The van der Waals surface area contributed by atoms with Crippen molar-refractivity contribution in [2.45, 2.75) is 33.2 Å². The molecule has 2 heterocycles. The van der Waals surface area contributed by atoms with Crippen molar-refractivity contribution < 1.29 is 0 Å². The number of nitrogens with one attached hydrogen (secondary N) is 1. The molecule has 1 aliphatic heterocycles. The molecule has 0 spiro atoms. The molecule has 1 aromatic rings. The van der Waals surface area contributed by atoms with E-state index in [1.807, 2.05) is 17.8 Å². The minimum atomic E-state index is 0.408. The molecule has 4 nitrogen and oxygen atoms in total. The highest BCUT2D eigenvalue weighted by atomic mass is 32.2. The van der Waals surface area contributed by atoms with Crippen LogP contribution < -0.4 is 5.32 Å². The largest absolute Gasteiger partial charge is 0.359 e. The molecule has 0 fully saturated rings. The first-order valence-electron chi connectivity index (χ1n) is 6.44. The van der Waals surface area contributed by atoms with Crippen molar-refractivity contribution in [3.05, 3.63) is 24.3 Å². The summed E-state index contributed by atoms with van der Waals surface area (Å²) < 4.78 is 0. The van der Waals surface area contributed by atoms with Crippen LogP contribution in [0.3, 0.4) is 0 Å². The molecule has 0 unspecified atom stereocenters. The van der Waals surface area contributed by atoms with Gasteiger partial charge in [0.05, 0.1) is 12.2 Å². The van der Waals surface area contributed by atoms with Gasteiger partial charge in [-0.2, -0.15) is 0 Å². The maximum atomic E-state index is 4.66. The highest BCUT2D eigenvalue weighted by Gasteiger charge is 2.29. The van der Waals surface area contributed by atoms with Crippen molar-refractivity contribution in [1.82, 2.24) is 15.3 Å². The van der Waals surface area contributed by atoms with Crippen LogP contribution in [0.25, 0.3) is 0 Å². The monoisotopic (exact) mass is 264 g/mol. The Bertz CT molecular complexity index is 401. The van der Waals surface area contributed by atoms with Gasteiger partial charge in [0.15, 0.2) is 5.17 Å². The summed E-state index contributed by atoms with van der Waals surface area (Å²) >= 11 is 1.83. The zero-order chi connectivity index (χ0) is 12.8. The minimum absolute atomic E-state index is 0.408. The van der Waals surface area contributed by atoms with Crippen molar-refractivity contribution in [3.63, 3.8) is 0 Å². The lowest BCUT2D eigenvalue weighted by Crippen LogP contribution is -2.34. The van der Waals surface area contributed by atoms with Gasteiger partial charge in [-0.25, -0.2) is 9.97 Å².